The standard InChI is InChI=1S/C23H27N3O2/c1-25-21(22(27)20-12-7-10-18-9-3-4-11-19(18)20)17-24-23(25)28-16-8-15-26-13-5-2-6-14-26/h3-4,7,9-12,17H,2,5-6,8,13-16H2,1H3. The summed E-state index contributed by atoms with van der Waals surface area (Å²) < 4.78 is 7.61. The van der Waals surface area contributed by atoms with Crippen LogP contribution in [0.2, 0.25) is 0 Å². The minimum absolute atomic E-state index is 0.0324. The van der Waals surface area contributed by atoms with Crippen LogP contribution >= 0.6 is 0 Å². The average molecular weight is 377 g/mol. The van der Waals surface area contributed by atoms with E-state index in [1.165, 1.54) is 32.4 Å². The van der Waals surface area contributed by atoms with Crippen molar-refractivity contribution in [1.82, 2.24) is 14.5 Å². The Balaban J connectivity index is 1.42. The predicted octanol–water partition coefficient (Wildman–Crippen LogP) is 4.06. The van der Waals surface area contributed by atoms with Crippen molar-refractivity contribution in [2.24, 2.45) is 7.05 Å². The van der Waals surface area contributed by atoms with E-state index >= 15 is 0 Å². The van der Waals surface area contributed by atoms with Crippen LogP contribution in [0.3, 0.4) is 0 Å². The molecule has 0 aliphatic carbocycles. The van der Waals surface area contributed by atoms with Gasteiger partial charge >= 0.3 is 0 Å². The number of benzene rings is 2. The third-order valence-corrected chi connectivity index (χ3v) is 5.51. The molecule has 1 fully saturated rings. The molecule has 0 amide bonds. The summed E-state index contributed by atoms with van der Waals surface area (Å²) in [7, 11) is 1.84. The third kappa shape index (κ3) is 3.94. The lowest BCUT2D eigenvalue weighted by Crippen LogP contribution is -2.31. The molecule has 1 aromatic heterocycles. The Morgan fingerprint density at radius 1 is 1.07 bits per heavy atom. The van der Waals surface area contributed by atoms with Crippen LogP contribution in [0.5, 0.6) is 6.01 Å². The number of fused-ring (bicyclic) bond motifs is 1. The van der Waals surface area contributed by atoms with Crippen molar-refractivity contribution in [3.8, 4) is 6.01 Å². The number of imidazole rings is 1. The molecule has 28 heavy (non-hydrogen) atoms. The summed E-state index contributed by atoms with van der Waals surface area (Å²) in [5.41, 5.74) is 1.24. The fourth-order valence-corrected chi connectivity index (χ4v) is 3.93. The van der Waals surface area contributed by atoms with Gasteiger partial charge < -0.3 is 9.64 Å². The fourth-order valence-electron chi connectivity index (χ4n) is 3.93. The molecule has 0 unspecified atom stereocenters. The summed E-state index contributed by atoms with van der Waals surface area (Å²) in [5.74, 6) is -0.0324. The summed E-state index contributed by atoms with van der Waals surface area (Å²) in [5, 5.41) is 2.02. The smallest absolute Gasteiger partial charge is 0.296 e. The van der Waals surface area contributed by atoms with Gasteiger partial charge in [0.05, 0.1) is 12.8 Å². The maximum atomic E-state index is 13.1. The summed E-state index contributed by atoms with van der Waals surface area (Å²) in [4.78, 5) is 19.9. The van der Waals surface area contributed by atoms with Crippen molar-refractivity contribution in [2.75, 3.05) is 26.2 Å². The molecule has 5 heteroatoms. The van der Waals surface area contributed by atoms with Gasteiger partial charge in [0.25, 0.3) is 6.01 Å². The molecular weight excluding hydrogens is 350 g/mol. The van der Waals surface area contributed by atoms with E-state index in [1.807, 2.05) is 49.5 Å². The van der Waals surface area contributed by atoms with E-state index in [9.17, 15) is 4.79 Å². The van der Waals surface area contributed by atoms with Crippen molar-refractivity contribution in [1.29, 1.82) is 0 Å². The lowest BCUT2D eigenvalue weighted by atomic mass is 10.0. The molecule has 0 bridgehead atoms. The average Bonchev–Trinajstić information content (AvgIpc) is 3.11. The molecule has 0 spiro atoms. The highest BCUT2D eigenvalue weighted by Crippen LogP contribution is 2.23. The van der Waals surface area contributed by atoms with E-state index < -0.39 is 0 Å². The monoisotopic (exact) mass is 377 g/mol. The molecule has 1 aliphatic rings. The molecule has 0 N–H and O–H groups in total. The first kappa shape index (κ1) is 18.7. The van der Waals surface area contributed by atoms with Crippen molar-refractivity contribution in [3.05, 3.63) is 59.9 Å². The van der Waals surface area contributed by atoms with Gasteiger partial charge in [0.15, 0.2) is 0 Å². The Labute approximate surface area is 165 Å². The fraction of sp³-hybridized carbons (Fsp3) is 0.391. The molecule has 3 aromatic rings. The number of ketones is 1. The van der Waals surface area contributed by atoms with Crippen molar-refractivity contribution in [2.45, 2.75) is 25.7 Å². The normalized spacial score (nSPS) is 15.0. The number of aromatic nitrogens is 2. The zero-order valence-electron chi connectivity index (χ0n) is 16.4. The molecule has 2 heterocycles. The van der Waals surface area contributed by atoms with Gasteiger partial charge in [-0.05, 0) is 43.1 Å². The van der Waals surface area contributed by atoms with E-state index in [2.05, 4.69) is 9.88 Å². The van der Waals surface area contributed by atoms with Crippen LogP contribution in [0, 0.1) is 0 Å². The van der Waals surface area contributed by atoms with Crippen molar-refractivity contribution in [3.63, 3.8) is 0 Å². The highest BCUT2D eigenvalue weighted by atomic mass is 16.5. The first-order valence-corrected chi connectivity index (χ1v) is 10.1. The zero-order chi connectivity index (χ0) is 19.3. The Hall–Kier alpha value is -2.66. The van der Waals surface area contributed by atoms with Gasteiger partial charge in [0.2, 0.25) is 5.78 Å². The number of likely N-dealkylation sites (tertiary alicyclic amines) is 1. The van der Waals surface area contributed by atoms with Gasteiger partial charge in [-0.25, -0.2) is 4.98 Å². The first-order valence-electron chi connectivity index (χ1n) is 10.1. The highest BCUT2D eigenvalue weighted by molar-refractivity contribution is 6.15. The van der Waals surface area contributed by atoms with Gasteiger partial charge in [0.1, 0.15) is 5.69 Å². The van der Waals surface area contributed by atoms with Crippen LogP contribution in [0.15, 0.2) is 48.7 Å². The summed E-state index contributed by atoms with van der Waals surface area (Å²) in [6.07, 6.45) is 6.55. The maximum absolute atomic E-state index is 13.1. The Morgan fingerprint density at radius 3 is 2.71 bits per heavy atom. The number of piperidine rings is 1. The van der Waals surface area contributed by atoms with E-state index in [0.29, 0.717) is 23.9 Å². The molecule has 1 aliphatic heterocycles. The number of carbonyl (C=O) groups excluding carboxylic acids is 1. The Kier molecular flexibility index (Phi) is 5.72. The van der Waals surface area contributed by atoms with Crippen LogP contribution in [-0.4, -0.2) is 46.5 Å². The Morgan fingerprint density at radius 2 is 1.86 bits per heavy atom. The van der Waals surface area contributed by atoms with E-state index in [0.717, 1.165) is 23.7 Å². The minimum atomic E-state index is -0.0324. The molecule has 4 rings (SSSR count). The van der Waals surface area contributed by atoms with Crippen molar-refractivity contribution >= 4 is 16.6 Å². The molecule has 1 saturated heterocycles. The lowest BCUT2D eigenvalue weighted by Gasteiger charge is -2.26. The number of ether oxygens (including phenoxy) is 1. The van der Waals surface area contributed by atoms with E-state index in [-0.39, 0.29) is 5.78 Å². The van der Waals surface area contributed by atoms with Crippen LogP contribution in [-0.2, 0) is 7.05 Å². The molecule has 2 aromatic carbocycles. The SMILES string of the molecule is Cn1c(C(=O)c2cccc3ccccc23)cnc1OCCCN1CCCCC1. The van der Waals surface area contributed by atoms with Crippen LogP contribution in [0.1, 0.15) is 41.7 Å². The predicted molar refractivity (Wildman–Crippen MR) is 111 cm³/mol. The number of nitrogens with zero attached hydrogens (tertiary/aromatic N) is 3. The number of carbonyl (C=O) groups is 1. The summed E-state index contributed by atoms with van der Waals surface area (Å²) >= 11 is 0. The number of hydrogen-bond acceptors (Lipinski definition) is 4. The van der Waals surface area contributed by atoms with Gasteiger partial charge in [-0.2, -0.15) is 0 Å². The van der Waals surface area contributed by atoms with Crippen LogP contribution < -0.4 is 4.74 Å². The minimum Gasteiger partial charge on any atom is -0.465 e. The maximum Gasteiger partial charge on any atom is 0.296 e. The second kappa shape index (κ2) is 8.57. The molecule has 5 nitrogen and oxygen atoms in total. The molecule has 146 valence electrons. The van der Waals surface area contributed by atoms with Crippen molar-refractivity contribution < 1.29 is 9.53 Å². The van der Waals surface area contributed by atoms with Gasteiger partial charge in [-0.15, -0.1) is 0 Å². The van der Waals surface area contributed by atoms with E-state index in [4.69, 9.17) is 4.74 Å². The second-order valence-electron chi connectivity index (χ2n) is 7.45. The molecule has 0 saturated carbocycles. The van der Waals surface area contributed by atoms with Crippen LogP contribution in [0.4, 0.5) is 0 Å². The summed E-state index contributed by atoms with van der Waals surface area (Å²) in [6.45, 7) is 4.08. The quantitative estimate of drug-likeness (QED) is 0.460. The largest absolute Gasteiger partial charge is 0.465 e. The first-order chi connectivity index (χ1) is 13.7. The Bertz CT molecular complexity index is 952. The number of rotatable bonds is 7. The molecular formula is C23H27N3O2. The van der Waals surface area contributed by atoms with E-state index in [1.54, 1.807) is 10.8 Å². The second-order valence-corrected chi connectivity index (χ2v) is 7.45. The summed E-state index contributed by atoms with van der Waals surface area (Å²) in [6, 6.07) is 14.3. The topological polar surface area (TPSA) is 47.4 Å². The highest BCUT2D eigenvalue weighted by Gasteiger charge is 2.18. The van der Waals surface area contributed by atoms with Crippen LogP contribution in [0.25, 0.3) is 10.8 Å². The van der Waals surface area contributed by atoms with Gasteiger partial charge in [0, 0.05) is 19.2 Å². The lowest BCUT2D eigenvalue weighted by molar-refractivity contribution is 0.103. The molecule has 0 radical (unpaired) electrons. The number of hydrogen-bond donors (Lipinski definition) is 0. The van der Waals surface area contributed by atoms with Gasteiger partial charge in [-0.1, -0.05) is 48.9 Å². The van der Waals surface area contributed by atoms with Gasteiger partial charge in [-0.3, -0.25) is 9.36 Å². The molecule has 0 atom stereocenters. The third-order valence-electron chi connectivity index (χ3n) is 5.51. The zero-order valence-corrected chi connectivity index (χ0v) is 16.4.